The van der Waals surface area contributed by atoms with Gasteiger partial charge in [-0.1, -0.05) is 24.3 Å². The number of nitrogens with zero attached hydrogens (tertiary/aromatic N) is 3. The van der Waals surface area contributed by atoms with Gasteiger partial charge in [-0.2, -0.15) is 0 Å². The van der Waals surface area contributed by atoms with Gasteiger partial charge in [0.25, 0.3) is 0 Å². The molecular formula is C26H31N5O4S. The number of nitrogens with one attached hydrogen (secondary N) is 1. The Bertz CT molecular complexity index is 1370. The van der Waals surface area contributed by atoms with Crippen molar-refractivity contribution in [3.8, 4) is 0 Å². The van der Waals surface area contributed by atoms with Crippen LogP contribution in [0.15, 0.2) is 60.7 Å². The number of benzene rings is 3. The van der Waals surface area contributed by atoms with Crippen LogP contribution in [0.5, 0.6) is 0 Å². The number of anilines is 2. The first-order chi connectivity index (χ1) is 17.1. The molecule has 0 radical (unpaired) electrons. The summed E-state index contributed by atoms with van der Waals surface area (Å²) in [4.78, 5) is 15.9. The predicted octanol–water partition coefficient (Wildman–Crippen LogP) is 2.69. The first kappa shape index (κ1) is 25.5. The van der Waals surface area contributed by atoms with Crippen LogP contribution >= 0.6 is 0 Å². The summed E-state index contributed by atoms with van der Waals surface area (Å²) >= 11 is 0. The van der Waals surface area contributed by atoms with Crippen LogP contribution in [0.2, 0.25) is 0 Å². The van der Waals surface area contributed by atoms with E-state index in [9.17, 15) is 18.3 Å². The van der Waals surface area contributed by atoms with Gasteiger partial charge in [0, 0.05) is 30.9 Å². The monoisotopic (exact) mass is 509 g/mol. The number of hydrogen-bond donors (Lipinski definition) is 3. The van der Waals surface area contributed by atoms with Crippen LogP contribution in [0.4, 0.5) is 11.4 Å². The van der Waals surface area contributed by atoms with E-state index in [4.69, 9.17) is 11.1 Å². The molecule has 4 rings (SSSR count). The highest BCUT2D eigenvalue weighted by atomic mass is 32.2. The van der Waals surface area contributed by atoms with Gasteiger partial charge in [0.1, 0.15) is 5.84 Å². The average Bonchev–Trinajstić information content (AvgIpc) is 3.05. The Morgan fingerprint density at radius 1 is 1.00 bits per heavy atom. The number of rotatable bonds is 8. The van der Waals surface area contributed by atoms with Gasteiger partial charge in [0.2, 0.25) is 10.0 Å². The fourth-order valence-electron chi connectivity index (χ4n) is 4.45. The van der Waals surface area contributed by atoms with Gasteiger partial charge in [-0.3, -0.25) is 14.5 Å². The molecule has 1 aliphatic heterocycles. The van der Waals surface area contributed by atoms with E-state index in [0.717, 1.165) is 53.4 Å². The Morgan fingerprint density at radius 3 is 2.42 bits per heavy atom. The maximum absolute atomic E-state index is 13.1. The van der Waals surface area contributed by atoms with Gasteiger partial charge in [-0.15, -0.1) is 0 Å². The molecule has 0 saturated carbocycles. The number of amidine groups is 1. The second-order valence-corrected chi connectivity index (χ2v) is 11.0. The van der Waals surface area contributed by atoms with Gasteiger partial charge in [0.15, 0.2) is 5.75 Å². The van der Waals surface area contributed by atoms with Gasteiger partial charge >= 0.3 is 5.97 Å². The molecular weight excluding hydrogens is 478 g/mol. The molecule has 1 heterocycles. The number of carbonyl (C=O) groups is 1. The van der Waals surface area contributed by atoms with Gasteiger partial charge in [-0.05, 0) is 72.7 Å². The number of carboxylic acids is 1. The highest BCUT2D eigenvalue weighted by Gasteiger charge is 2.26. The van der Waals surface area contributed by atoms with E-state index in [1.807, 2.05) is 36.4 Å². The summed E-state index contributed by atoms with van der Waals surface area (Å²) in [5, 5.41) is 18.7. The van der Waals surface area contributed by atoms with Gasteiger partial charge in [0.05, 0.1) is 12.2 Å². The Hall–Kier alpha value is -3.63. The first-order valence-corrected chi connectivity index (χ1v) is 13.4. The minimum Gasteiger partial charge on any atom is -0.480 e. The van der Waals surface area contributed by atoms with Crippen molar-refractivity contribution in [2.45, 2.75) is 13.0 Å². The van der Waals surface area contributed by atoms with Crippen LogP contribution in [-0.4, -0.2) is 69.2 Å². The molecule has 0 unspecified atom stereocenters. The molecule has 0 spiro atoms. The molecule has 1 aliphatic rings. The molecule has 9 nitrogen and oxygen atoms in total. The fraction of sp³-hybridized carbons (Fsp3) is 0.308. The number of nitrogen functional groups attached to an aromatic ring is 1. The smallest absolute Gasteiger partial charge is 0.320 e. The maximum Gasteiger partial charge on any atom is 0.320 e. The van der Waals surface area contributed by atoms with Crippen molar-refractivity contribution in [2.24, 2.45) is 5.73 Å². The highest BCUT2D eigenvalue weighted by Crippen LogP contribution is 2.27. The summed E-state index contributed by atoms with van der Waals surface area (Å²) in [5.41, 5.74) is 8.30. The Morgan fingerprint density at radius 2 is 1.72 bits per heavy atom. The van der Waals surface area contributed by atoms with Crippen molar-refractivity contribution >= 4 is 44.0 Å². The summed E-state index contributed by atoms with van der Waals surface area (Å²) in [6, 6.07) is 18.2. The van der Waals surface area contributed by atoms with Crippen molar-refractivity contribution in [2.75, 3.05) is 48.2 Å². The minimum atomic E-state index is -4.14. The number of hydrogen-bond acceptors (Lipinski definition) is 6. The predicted molar refractivity (Wildman–Crippen MR) is 143 cm³/mol. The Balaban J connectivity index is 1.65. The van der Waals surface area contributed by atoms with E-state index >= 15 is 0 Å². The molecule has 3 aromatic rings. The number of aliphatic carboxylic acids is 1. The van der Waals surface area contributed by atoms with Crippen molar-refractivity contribution in [3.63, 3.8) is 0 Å². The molecule has 0 amide bonds. The average molecular weight is 510 g/mol. The topological polar surface area (TPSA) is 131 Å². The number of likely N-dealkylation sites (N-methyl/N-ethyl adjacent to an activating group) is 1. The van der Waals surface area contributed by atoms with Crippen LogP contribution in [-0.2, 0) is 21.4 Å². The second-order valence-electron chi connectivity index (χ2n) is 9.13. The molecule has 190 valence electrons. The lowest BCUT2D eigenvalue weighted by molar-refractivity contribution is -0.134. The lowest BCUT2D eigenvalue weighted by Crippen LogP contribution is -2.35. The van der Waals surface area contributed by atoms with Gasteiger partial charge < -0.3 is 20.6 Å². The molecule has 1 fully saturated rings. The zero-order chi connectivity index (χ0) is 25.9. The molecule has 0 atom stereocenters. The Kier molecular flexibility index (Phi) is 7.46. The molecule has 10 heteroatoms. The van der Waals surface area contributed by atoms with Crippen LogP contribution in [0.3, 0.4) is 0 Å². The van der Waals surface area contributed by atoms with E-state index in [0.29, 0.717) is 16.8 Å². The lowest BCUT2D eigenvalue weighted by Gasteiger charge is -2.26. The summed E-state index contributed by atoms with van der Waals surface area (Å²) in [7, 11) is -2.04. The minimum absolute atomic E-state index is 0.0241. The second kappa shape index (κ2) is 10.5. The fourth-order valence-corrected chi connectivity index (χ4v) is 5.70. The SMILES string of the molecule is CN1CCCN(c2ccc(N(Cc3ccc4ccc(C(=N)N)cc4c3)S(=O)(=O)CC(=O)O)cc2)CC1. The lowest BCUT2D eigenvalue weighted by atomic mass is 10.0. The largest absolute Gasteiger partial charge is 0.480 e. The van der Waals surface area contributed by atoms with E-state index in [1.54, 1.807) is 24.3 Å². The van der Waals surface area contributed by atoms with Crippen LogP contribution < -0.4 is 14.9 Å². The number of fused-ring (bicyclic) bond motifs is 1. The third-order valence-electron chi connectivity index (χ3n) is 6.41. The third kappa shape index (κ3) is 5.95. The maximum atomic E-state index is 13.1. The molecule has 0 bridgehead atoms. The van der Waals surface area contributed by atoms with Crippen LogP contribution in [0.1, 0.15) is 17.5 Å². The molecule has 0 aliphatic carbocycles. The van der Waals surface area contributed by atoms with E-state index in [1.165, 1.54) is 0 Å². The summed E-state index contributed by atoms with van der Waals surface area (Å²) < 4.78 is 27.4. The van der Waals surface area contributed by atoms with E-state index < -0.39 is 21.7 Å². The normalized spacial score (nSPS) is 15.0. The molecule has 0 aromatic heterocycles. The standard InChI is InChI=1S/C26H31N5O4S/c1-29-11-2-12-30(14-13-29)23-7-9-24(10-8-23)31(36(34,35)18-25(32)33)17-19-3-4-20-5-6-21(26(27)28)16-22(20)15-19/h3-10,15-16H,2,11-14,17-18H2,1H3,(H3,27,28)(H,32,33). The van der Waals surface area contributed by atoms with Crippen molar-refractivity contribution in [1.29, 1.82) is 5.41 Å². The zero-order valence-electron chi connectivity index (χ0n) is 20.2. The summed E-state index contributed by atoms with van der Waals surface area (Å²) in [5.74, 6) is -2.46. The number of nitrogens with two attached hydrogens (primary N) is 1. The van der Waals surface area contributed by atoms with Crippen LogP contribution in [0.25, 0.3) is 10.8 Å². The molecule has 1 saturated heterocycles. The zero-order valence-corrected chi connectivity index (χ0v) is 21.0. The number of sulfonamides is 1. The molecule has 4 N–H and O–H groups in total. The van der Waals surface area contributed by atoms with Crippen molar-refractivity contribution in [3.05, 3.63) is 71.8 Å². The number of carboxylic acid groups (broad SMARTS) is 1. The first-order valence-electron chi connectivity index (χ1n) is 11.8. The quantitative estimate of drug-likeness (QED) is 0.314. The van der Waals surface area contributed by atoms with Gasteiger partial charge in [-0.25, -0.2) is 8.42 Å². The summed E-state index contributed by atoms with van der Waals surface area (Å²) in [6.45, 7) is 3.77. The molecule has 3 aromatic carbocycles. The summed E-state index contributed by atoms with van der Waals surface area (Å²) in [6.07, 6.45) is 1.05. The van der Waals surface area contributed by atoms with Crippen molar-refractivity contribution in [1.82, 2.24) is 4.90 Å². The van der Waals surface area contributed by atoms with E-state index in [-0.39, 0.29) is 12.4 Å². The van der Waals surface area contributed by atoms with Crippen molar-refractivity contribution < 1.29 is 18.3 Å². The van der Waals surface area contributed by atoms with Crippen LogP contribution in [0, 0.1) is 5.41 Å². The Labute approximate surface area is 211 Å². The molecule has 36 heavy (non-hydrogen) atoms. The highest BCUT2D eigenvalue weighted by molar-refractivity contribution is 7.93. The van der Waals surface area contributed by atoms with E-state index in [2.05, 4.69) is 16.8 Å². The third-order valence-corrected chi connectivity index (χ3v) is 8.03.